The number of pyridine rings is 3. The second-order valence-corrected chi connectivity index (χ2v) is 7.64. The molecule has 0 fully saturated rings. The van der Waals surface area contributed by atoms with E-state index in [4.69, 9.17) is 4.98 Å². The highest BCUT2D eigenvalue weighted by Crippen LogP contribution is 2.28. The van der Waals surface area contributed by atoms with Gasteiger partial charge in [-0.15, -0.1) is 0 Å². The van der Waals surface area contributed by atoms with E-state index in [1.807, 2.05) is 48.2 Å². The topological polar surface area (TPSA) is 79.0 Å². The van der Waals surface area contributed by atoms with Crippen LogP contribution in [0.4, 0.5) is 0 Å². The van der Waals surface area contributed by atoms with E-state index >= 15 is 0 Å². The fourth-order valence-corrected chi connectivity index (χ4v) is 3.99. The number of nitrogens with one attached hydrogen (secondary N) is 1. The molecule has 1 N–H and O–H groups in total. The van der Waals surface area contributed by atoms with Crippen LogP contribution >= 0.6 is 0 Å². The summed E-state index contributed by atoms with van der Waals surface area (Å²) in [6.45, 7) is 3.06. The predicted molar refractivity (Wildman–Crippen MR) is 115 cm³/mol. The molecule has 0 radical (unpaired) electrons. The van der Waals surface area contributed by atoms with Gasteiger partial charge in [0.05, 0.1) is 16.8 Å². The van der Waals surface area contributed by atoms with E-state index < -0.39 is 0 Å². The maximum Gasteiger partial charge on any atom is 0.254 e. The van der Waals surface area contributed by atoms with Crippen molar-refractivity contribution in [1.29, 1.82) is 0 Å². The number of fused-ring (bicyclic) bond motifs is 2. The average molecular weight is 396 g/mol. The molecule has 0 spiro atoms. The molecule has 4 heterocycles. The number of carbonyl (C=O) groups is 1. The number of hydrogen-bond donors (Lipinski definition) is 1. The first-order valence-corrected chi connectivity index (χ1v) is 9.90. The molecule has 1 aromatic carbocycles. The van der Waals surface area contributed by atoms with Gasteiger partial charge in [0.1, 0.15) is 0 Å². The van der Waals surface area contributed by atoms with Gasteiger partial charge in [0.15, 0.2) is 0 Å². The smallest absolute Gasteiger partial charge is 0.254 e. The molecule has 148 valence electrons. The van der Waals surface area contributed by atoms with Crippen molar-refractivity contribution >= 4 is 16.8 Å². The highest BCUT2D eigenvalue weighted by atomic mass is 16.2. The fraction of sp³-hybridized carbons (Fsp3) is 0.167. The largest absolute Gasteiger partial charge is 0.334 e. The monoisotopic (exact) mass is 396 g/mol. The van der Waals surface area contributed by atoms with Crippen LogP contribution in [0.1, 0.15) is 27.0 Å². The first-order chi connectivity index (χ1) is 14.6. The van der Waals surface area contributed by atoms with Crippen molar-refractivity contribution < 1.29 is 4.79 Å². The van der Waals surface area contributed by atoms with E-state index in [1.165, 1.54) is 0 Å². The average Bonchev–Trinajstić information content (AvgIpc) is 2.78. The third-order valence-electron chi connectivity index (χ3n) is 5.56. The number of nitrogens with zero attached hydrogens (tertiary/aromatic N) is 3. The van der Waals surface area contributed by atoms with E-state index in [1.54, 1.807) is 24.7 Å². The summed E-state index contributed by atoms with van der Waals surface area (Å²) in [7, 11) is 0. The molecule has 0 saturated carbocycles. The Morgan fingerprint density at radius 2 is 2.03 bits per heavy atom. The lowest BCUT2D eigenvalue weighted by Crippen LogP contribution is -2.36. The quantitative estimate of drug-likeness (QED) is 0.563. The maximum atomic E-state index is 13.6. The molecule has 6 heteroatoms. The summed E-state index contributed by atoms with van der Waals surface area (Å²) in [5.41, 5.74) is 5.98. The van der Waals surface area contributed by atoms with Gasteiger partial charge in [0.25, 0.3) is 5.91 Å². The third-order valence-corrected chi connectivity index (χ3v) is 5.56. The fourth-order valence-electron chi connectivity index (χ4n) is 3.99. The Bertz CT molecular complexity index is 1330. The summed E-state index contributed by atoms with van der Waals surface area (Å²) in [6.07, 6.45) is 5.86. The van der Waals surface area contributed by atoms with Gasteiger partial charge in [-0.25, -0.2) is 4.98 Å². The van der Waals surface area contributed by atoms with Crippen molar-refractivity contribution in [2.45, 2.75) is 19.9 Å². The number of carbonyl (C=O) groups excluding carboxylic acids is 1. The zero-order chi connectivity index (χ0) is 20.7. The van der Waals surface area contributed by atoms with Crippen molar-refractivity contribution in [2.75, 3.05) is 6.54 Å². The van der Waals surface area contributed by atoms with Gasteiger partial charge < -0.3 is 9.88 Å². The van der Waals surface area contributed by atoms with Crippen LogP contribution in [0.3, 0.4) is 0 Å². The zero-order valence-electron chi connectivity index (χ0n) is 16.6. The Labute approximate surface area is 173 Å². The summed E-state index contributed by atoms with van der Waals surface area (Å²) >= 11 is 0. The van der Waals surface area contributed by atoms with Crippen molar-refractivity contribution in [2.24, 2.45) is 0 Å². The SMILES string of the molecule is Cc1ccc2nc(-c3cccnc3)cc(C(=O)N3CCc4cc(=O)[nH]cc4C3)c2c1. The first-order valence-electron chi connectivity index (χ1n) is 9.90. The molecule has 1 aliphatic heterocycles. The minimum Gasteiger partial charge on any atom is -0.334 e. The number of amides is 1. The Morgan fingerprint density at radius 3 is 2.87 bits per heavy atom. The van der Waals surface area contributed by atoms with Crippen molar-refractivity contribution in [1.82, 2.24) is 19.9 Å². The molecule has 0 aliphatic carbocycles. The summed E-state index contributed by atoms with van der Waals surface area (Å²) < 4.78 is 0. The lowest BCUT2D eigenvalue weighted by Gasteiger charge is -2.29. The number of aryl methyl sites for hydroxylation is 1. The van der Waals surface area contributed by atoms with Crippen LogP contribution in [0, 0.1) is 6.92 Å². The summed E-state index contributed by atoms with van der Waals surface area (Å²) in [5.74, 6) is -0.0324. The van der Waals surface area contributed by atoms with E-state index in [-0.39, 0.29) is 11.5 Å². The van der Waals surface area contributed by atoms with Gasteiger partial charge in [-0.3, -0.25) is 14.6 Å². The first kappa shape index (κ1) is 18.2. The highest BCUT2D eigenvalue weighted by Gasteiger charge is 2.24. The van der Waals surface area contributed by atoms with Gasteiger partial charge in [0.2, 0.25) is 5.56 Å². The lowest BCUT2D eigenvalue weighted by atomic mass is 9.99. The van der Waals surface area contributed by atoms with Crippen LogP contribution in [-0.4, -0.2) is 32.3 Å². The number of rotatable bonds is 2. The van der Waals surface area contributed by atoms with Gasteiger partial charge in [-0.2, -0.15) is 0 Å². The van der Waals surface area contributed by atoms with E-state index in [9.17, 15) is 9.59 Å². The number of aromatic nitrogens is 3. The standard InChI is InChI=1S/C24H20N4O2/c1-15-4-5-21-19(9-15)20(11-22(27-21)17-3-2-7-25-12-17)24(30)28-8-6-16-10-23(29)26-13-18(16)14-28/h2-5,7,9-13H,6,8,14H2,1H3,(H,26,29). The van der Waals surface area contributed by atoms with Gasteiger partial charge in [-0.05, 0) is 54.8 Å². The third kappa shape index (κ3) is 3.26. The molecule has 6 nitrogen and oxygen atoms in total. The minimum absolute atomic E-state index is 0.0324. The normalized spacial score (nSPS) is 13.3. The zero-order valence-corrected chi connectivity index (χ0v) is 16.6. The lowest BCUT2D eigenvalue weighted by molar-refractivity contribution is 0.0736. The molecule has 1 aliphatic rings. The second kappa shape index (κ2) is 7.22. The molecule has 3 aromatic heterocycles. The van der Waals surface area contributed by atoms with Crippen LogP contribution < -0.4 is 5.56 Å². The molecule has 4 aromatic rings. The molecular weight excluding hydrogens is 376 g/mol. The molecule has 0 unspecified atom stereocenters. The minimum atomic E-state index is -0.106. The van der Waals surface area contributed by atoms with Gasteiger partial charge in [0, 0.05) is 48.7 Å². The van der Waals surface area contributed by atoms with Gasteiger partial charge >= 0.3 is 0 Å². The van der Waals surface area contributed by atoms with E-state index in [0.717, 1.165) is 38.9 Å². The molecule has 30 heavy (non-hydrogen) atoms. The van der Waals surface area contributed by atoms with Crippen molar-refractivity contribution in [3.8, 4) is 11.3 Å². The molecular formula is C24H20N4O2. The molecule has 0 saturated heterocycles. The van der Waals surface area contributed by atoms with E-state index in [0.29, 0.717) is 25.1 Å². The van der Waals surface area contributed by atoms with Crippen LogP contribution in [0.25, 0.3) is 22.2 Å². The highest BCUT2D eigenvalue weighted by molar-refractivity contribution is 6.07. The van der Waals surface area contributed by atoms with Crippen LogP contribution in [-0.2, 0) is 13.0 Å². The predicted octanol–water partition coefficient (Wildman–Crippen LogP) is 3.49. The molecule has 0 bridgehead atoms. The van der Waals surface area contributed by atoms with Crippen molar-refractivity contribution in [3.63, 3.8) is 0 Å². The molecule has 0 atom stereocenters. The number of benzene rings is 1. The Morgan fingerprint density at radius 1 is 1.13 bits per heavy atom. The van der Waals surface area contributed by atoms with E-state index in [2.05, 4.69) is 9.97 Å². The molecule has 5 rings (SSSR count). The van der Waals surface area contributed by atoms with Crippen LogP contribution in [0.2, 0.25) is 0 Å². The number of H-pyrrole nitrogens is 1. The maximum absolute atomic E-state index is 13.6. The Kier molecular flexibility index (Phi) is 4.39. The summed E-state index contributed by atoms with van der Waals surface area (Å²) in [4.78, 5) is 38.7. The summed E-state index contributed by atoms with van der Waals surface area (Å²) in [5, 5.41) is 0.847. The second-order valence-electron chi connectivity index (χ2n) is 7.64. The van der Waals surface area contributed by atoms with Crippen LogP contribution in [0.5, 0.6) is 0 Å². The summed E-state index contributed by atoms with van der Waals surface area (Å²) in [6, 6.07) is 13.3. The Hall–Kier alpha value is -3.80. The van der Waals surface area contributed by atoms with Crippen molar-refractivity contribution in [3.05, 3.63) is 93.7 Å². The molecule has 1 amide bonds. The Balaban J connectivity index is 1.60. The number of aromatic amines is 1. The van der Waals surface area contributed by atoms with Gasteiger partial charge in [-0.1, -0.05) is 11.6 Å². The van der Waals surface area contributed by atoms with Crippen LogP contribution in [0.15, 0.2) is 65.8 Å². The number of hydrogen-bond acceptors (Lipinski definition) is 4.